The summed E-state index contributed by atoms with van der Waals surface area (Å²) in [5.41, 5.74) is 3.61. The Morgan fingerprint density at radius 3 is 3.21 bits per heavy atom. The summed E-state index contributed by atoms with van der Waals surface area (Å²) in [7, 11) is 0. The van der Waals surface area contributed by atoms with Gasteiger partial charge < -0.3 is 10.1 Å². The molecule has 0 bridgehead atoms. The van der Waals surface area contributed by atoms with Crippen molar-refractivity contribution in [3.05, 3.63) is 34.9 Å². The molecule has 1 N–H and O–H groups in total. The van der Waals surface area contributed by atoms with Crippen LogP contribution in [-0.2, 0) is 9.53 Å². The highest BCUT2D eigenvalue weighted by molar-refractivity contribution is 6.08. The average Bonchev–Trinajstić information content (AvgIpc) is 2.60. The Labute approximate surface area is 81.3 Å². The minimum Gasteiger partial charge on any atom is -0.454 e. The second-order valence-electron chi connectivity index (χ2n) is 3.71. The van der Waals surface area contributed by atoms with Crippen LogP contribution in [0.15, 0.2) is 34.9 Å². The zero-order valence-corrected chi connectivity index (χ0v) is 7.54. The Kier molecular flexibility index (Phi) is 1.35. The van der Waals surface area contributed by atoms with Gasteiger partial charge in [0.2, 0.25) is 0 Å². The van der Waals surface area contributed by atoms with Crippen molar-refractivity contribution in [3.63, 3.8) is 0 Å². The van der Waals surface area contributed by atoms with Crippen molar-refractivity contribution >= 4 is 11.7 Å². The molecule has 3 rings (SSSR count). The molecule has 1 atom stereocenters. The number of fused-ring (bicyclic) bond motifs is 2. The molecule has 0 spiro atoms. The molecule has 0 aromatic rings. The highest BCUT2D eigenvalue weighted by Gasteiger charge is 2.37. The van der Waals surface area contributed by atoms with Gasteiger partial charge in [-0.25, -0.2) is 4.79 Å². The van der Waals surface area contributed by atoms with Crippen LogP contribution >= 0.6 is 0 Å². The van der Waals surface area contributed by atoms with E-state index in [-0.39, 0.29) is 12.1 Å². The van der Waals surface area contributed by atoms with E-state index in [1.165, 1.54) is 6.08 Å². The molecular weight excluding hydrogens is 178 g/mol. The fraction of sp³-hybridized carbons (Fsp3) is 0.273. The van der Waals surface area contributed by atoms with E-state index < -0.39 is 0 Å². The van der Waals surface area contributed by atoms with Crippen molar-refractivity contribution in [1.82, 2.24) is 0 Å². The lowest BCUT2D eigenvalue weighted by atomic mass is 9.95. The van der Waals surface area contributed by atoms with Crippen molar-refractivity contribution in [3.8, 4) is 0 Å². The molecule has 0 fully saturated rings. The normalized spacial score (nSPS) is 28.9. The van der Waals surface area contributed by atoms with Crippen molar-refractivity contribution < 1.29 is 9.53 Å². The van der Waals surface area contributed by atoms with Crippen molar-refractivity contribution in [1.29, 1.82) is 5.41 Å². The van der Waals surface area contributed by atoms with Crippen LogP contribution in [0, 0.1) is 5.41 Å². The highest BCUT2D eigenvalue weighted by atomic mass is 16.5. The number of carbonyl (C=O) groups excluding carboxylic acids is 1. The van der Waals surface area contributed by atoms with Gasteiger partial charge in [-0.3, -0.25) is 0 Å². The van der Waals surface area contributed by atoms with Crippen LogP contribution in [-0.4, -0.2) is 17.8 Å². The van der Waals surface area contributed by atoms with Gasteiger partial charge in [0.1, 0.15) is 6.10 Å². The van der Waals surface area contributed by atoms with Crippen molar-refractivity contribution in [2.45, 2.75) is 18.9 Å². The lowest BCUT2D eigenvalue weighted by Crippen LogP contribution is -2.08. The molecule has 3 aliphatic rings. The quantitative estimate of drug-likeness (QED) is 0.584. The van der Waals surface area contributed by atoms with Crippen molar-refractivity contribution in [2.24, 2.45) is 0 Å². The predicted octanol–water partition coefficient (Wildman–Crippen LogP) is 1.52. The molecule has 0 aromatic heterocycles. The van der Waals surface area contributed by atoms with E-state index in [1.54, 1.807) is 0 Å². The summed E-state index contributed by atoms with van der Waals surface area (Å²) >= 11 is 0. The van der Waals surface area contributed by atoms with Crippen LogP contribution < -0.4 is 0 Å². The first-order chi connectivity index (χ1) is 6.75. The third-order valence-corrected chi connectivity index (χ3v) is 2.84. The average molecular weight is 187 g/mol. The van der Waals surface area contributed by atoms with E-state index in [1.807, 2.05) is 12.2 Å². The number of allylic oxidation sites excluding steroid dienone is 2. The number of carbonyl (C=O) groups is 1. The van der Waals surface area contributed by atoms with Gasteiger partial charge in [-0.1, -0.05) is 12.2 Å². The first-order valence-electron chi connectivity index (χ1n) is 4.66. The predicted molar refractivity (Wildman–Crippen MR) is 51.1 cm³/mol. The lowest BCUT2D eigenvalue weighted by molar-refractivity contribution is -0.138. The van der Waals surface area contributed by atoms with E-state index in [0.717, 1.165) is 23.1 Å². The summed E-state index contributed by atoms with van der Waals surface area (Å²) in [6.07, 6.45) is 6.85. The molecule has 0 saturated heterocycles. The van der Waals surface area contributed by atoms with Gasteiger partial charge in [-0.2, -0.15) is 0 Å². The molecule has 1 unspecified atom stereocenters. The van der Waals surface area contributed by atoms with Crippen molar-refractivity contribution in [2.75, 3.05) is 0 Å². The second kappa shape index (κ2) is 2.44. The molecule has 3 heteroatoms. The SMILES string of the molecule is N=C1CC=CC2=C1C1=CC(=O)OC1C2. The summed E-state index contributed by atoms with van der Waals surface area (Å²) in [6, 6.07) is 0. The van der Waals surface area contributed by atoms with Gasteiger partial charge in [-0.15, -0.1) is 0 Å². The molecule has 70 valence electrons. The van der Waals surface area contributed by atoms with Crippen LogP contribution in [0.3, 0.4) is 0 Å². The maximum absolute atomic E-state index is 11.0. The highest BCUT2D eigenvalue weighted by Crippen LogP contribution is 2.40. The fourth-order valence-corrected chi connectivity index (χ4v) is 2.27. The Hall–Kier alpha value is -1.64. The topological polar surface area (TPSA) is 50.2 Å². The standard InChI is InChI=1S/C11H9NO2/c12-8-3-1-2-6-4-9-7(11(6)8)5-10(13)14-9/h1-2,5,9,12H,3-4H2. The maximum Gasteiger partial charge on any atom is 0.331 e. The van der Waals surface area contributed by atoms with Crippen LogP contribution in [0.5, 0.6) is 0 Å². The second-order valence-corrected chi connectivity index (χ2v) is 3.71. The van der Waals surface area contributed by atoms with E-state index in [2.05, 4.69) is 0 Å². The van der Waals surface area contributed by atoms with Gasteiger partial charge in [0, 0.05) is 35.8 Å². The number of ether oxygens (including phenoxy) is 1. The van der Waals surface area contributed by atoms with Crippen LogP contribution in [0.1, 0.15) is 12.8 Å². The smallest absolute Gasteiger partial charge is 0.331 e. The minimum atomic E-state index is -0.265. The van der Waals surface area contributed by atoms with E-state index in [9.17, 15) is 4.79 Å². The van der Waals surface area contributed by atoms with E-state index in [0.29, 0.717) is 12.1 Å². The Bertz CT molecular complexity index is 440. The minimum absolute atomic E-state index is 0.115. The monoisotopic (exact) mass is 187 g/mol. The van der Waals surface area contributed by atoms with Gasteiger partial charge in [0.05, 0.1) is 0 Å². The first-order valence-corrected chi connectivity index (χ1v) is 4.66. The van der Waals surface area contributed by atoms with Gasteiger partial charge in [-0.05, 0) is 5.57 Å². The van der Waals surface area contributed by atoms with Gasteiger partial charge in [0.25, 0.3) is 0 Å². The summed E-state index contributed by atoms with van der Waals surface area (Å²) < 4.78 is 5.12. The molecule has 0 saturated carbocycles. The molecule has 1 aliphatic heterocycles. The lowest BCUT2D eigenvalue weighted by Gasteiger charge is -2.09. The largest absolute Gasteiger partial charge is 0.454 e. The number of nitrogens with one attached hydrogen (secondary N) is 1. The Morgan fingerprint density at radius 1 is 1.50 bits per heavy atom. The van der Waals surface area contributed by atoms with E-state index in [4.69, 9.17) is 10.1 Å². The molecule has 0 radical (unpaired) electrons. The Morgan fingerprint density at radius 2 is 2.36 bits per heavy atom. The number of hydrogen-bond acceptors (Lipinski definition) is 3. The fourth-order valence-electron chi connectivity index (χ4n) is 2.27. The maximum atomic E-state index is 11.0. The van der Waals surface area contributed by atoms with Crippen LogP contribution in [0.25, 0.3) is 0 Å². The molecule has 14 heavy (non-hydrogen) atoms. The van der Waals surface area contributed by atoms with Gasteiger partial charge in [0.15, 0.2) is 0 Å². The molecule has 0 amide bonds. The van der Waals surface area contributed by atoms with Gasteiger partial charge >= 0.3 is 5.97 Å². The zero-order chi connectivity index (χ0) is 9.71. The molecule has 1 heterocycles. The molecule has 2 aliphatic carbocycles. The Balaban J connectivity index is 2.13. The number of esters is 1. The zero-order valence-electron chi connectivity index (χ0n) is 7.54. The summed E-state index contributed by atoms with van der Waals surface area (Å²) in [6.45, 7) is 0. The van der Waals surface area contributed by atoms with E-state index >= 15 is 0 Å². The summed E-state index contributed by atoms with van der Waals surface area (Å²) in [5, 5.41) is 7.82. The molecule has 3 nitrogen and oxygen atoms in total. The number of hydrogen-bond donors (Lipinski definition) is 1. The van der Waals surface area contributed by atoms with Crippen LogP contribution in [0.4, 0.5) is 0 Å². The summed E-state index contributed by atoms with van der Waals surface area (Å²) in [5.74, 6) is -0.265. The summed E-state index contributed by atoms with van der Waals surface area (Å²) in [4.78, 5) is 11.0. The molecular formula is C11H9NO2. The first kappa shape index (κ1) is 7.74. The molecule has 0 aromatic carbocycles. The third kappa shape index (κ3) is 0.867. The third-order valence-electron chi connectivity index (χ3n) is 2.84. The number of rotatable bonds is 0. The van der Waals surface area contributed by atoms with Crippen LogP contribution in [0.2, 0.25) is 0 Å².